The fraction of sp³-hybridized carbons (Fsp3) is 0.600. The third kappa shape index (κ3) is 3.74. The highest BCUT2D eigenvalue weighted by atomic mass is 16.3. The summed E-state index contributed by atoms with van der Waals surface area (Å²) in [5, 5.41) is 9.44. The fourth-order valence-corrected chi connectivity index (χ4v) is 1.92. The molecule has 1 unspecified atom stereocenters. The fourth-order valence-electron chi connectivity index (χ4n) is 1.92. The van der Waals surface area contributed by atoms with Crippen LogP contribution in [-0.4, -0.2) is 25.3 Å². The second-order valence-electron chi connectivity index (χ2n) is 5.20. The molecule has 0 radical (unpaired) electrons. The molecule has 0 aliphatic rings. The SMILES string of the molecule is CCc1ccc(N(C)CC(C)(CC)CO)cc1. The first kappa shape index (κ1) is 14.0. The Morgan fingerprint density at radius 1 is 1.18 bits per heavy atom. The number of benzene rings is 1. The summed E-state index contributed by atoms with van der Waals surface area (Å²) in [6, 6.07) is 8.67. The van der Waals surface area contributed by atoms with Crippen LogP contribution in [0.2, 0.25) is 0 Å². The van der Waals surface area contributed by atoms with E-state index in [4.69, 9.17) is 0 Å². The highest BCUT2D eigenvalue weighted by Gasteiger charge is 2.23. The molecular formula is C15H25NO. The molecule has 1 rings (SSSR count). The molecule has 0 bridgehead atoms. The highest BCUT2D eigenvalue weighted by Crippen LogP contribution is 2.24. The van der Waals surface area contributed by atoms with Crippen LogP contribution in [0.3, 0.4) is 0 Å². The lowest BCUT2D eigenvalue weighted by Gasteiger charge is -2.32. The number of aliphatic hydroxyl groups is 1. The zero-order valence-electron chi connectivity index (χ0n) is 11.5. The van der Waals surface area contributed by atoms with Gasteiger partial charge in [-0.2, -0.15) is 0 Å². The van der Waals surface area contributed by atoms with Crippen molar-refractivity contribution in [2.45, 2.75) is 33.6 Å². The van der Waals surface area contributed by atoms with Gasteiger partial charge in [0.15, 0.2) is 0 Å². The van der Waals surface area contributed by atoms with Crippen molar-refractivity contribution in [1.29, 1.82) is 0 Å². The van der Waals surface area contributed by atoms with E-state index in [9.17, 15) is 5.11 Å². The normalized spacial score (nSPS) is 14.4. The van der Waals surface area contributed by atoms with E-state index in [1.165, 1.54) is 11.3 Å². The van der Waals surface area contributed by atoms with Gasteiger partial charge in [0, 0.05) is 24.7 Å². The van der Waals surface area contributed by atoms with E-state index in [0.717, 1.165) is 19.4 Å². The summed E-state index contributed by atoms with van der Waals surface area (Å²) in [5.74, 6) is 0. The molecule has 1 aromatic rings. The summed E-state index contributed by atoms with van der Waals surface area (Å²) >= 11 is 0. The summed E-state index contributed by atoms with van der Waals surface area (Å²) in [6.07, 6.45) is 2.06. The zero-order chi connectivity index (χ0) is 12.9. The predicted molar refractivity (Wildman–Crippen MR) is 74.6 cm³/mol. The molecule has 1 aromatic carbocycles. The molecule has 2 nitrogen and oxygen atoms in total. The first-order valence-corrected chi connectivity index (χ1v) is 6.45. The van der Waals surface area contributed by atoms with Gasteiger partial charge in [-0.1, -0.05) is 32.9 Å². The highest BCUT2D eigenvalue weighted by molar-refractivity contribution is 5.47. The summed E-state index contributed by atoms with van der Waals surface area (Å²) in [5.41, 5.74) is 2.57. The van der Waals surface area contributed by atoms with Gasteiger partial charge in [0.2, 0.25) is 0 Å². The van der Waals surface area contributed by atoms with Crippen LogP contribution < -0.4 is 4.90 Å². The van der Waals surface area contributed by atoms with Gasteiger partial charge in [0.1, 0.15) is 0 Å². The standard InChI is InChI=1S/C15H25NO/c1-5-13-7-9-14(10-8-13)16(4)11-15(3,6-2)12-17/h7-10,17H,5-6,11-12H2,1-4H3. The van der Waals surface area contributed by atoms with Crippen LogP contribution in [0.4, 0.5) is 5.69 Å². The van der Waals surface area contributed by atoms with Crippen LogP contribution in [0.5, 0.6) is 0 Å². The van der Waals surface area contributed by atoms with Gasteiger partial charge in [0.05, 0.1) is 6.61 Å². The van der Waals surface area contributed by atoms with Crippen LogP contribution in [0.25, 0.3) is 0 Å². The van der Waals surface area contributed by atoms with Crippen molar-refractivity contribution in [3.8, 4) is 0 Å². The molecule has 0 fully saturated rings. The summed E-state index contributed by atoms with van der Waals surface area (Å²) in [7, 11) is 2.09. The first-order chi connectivity index (χ1) is 8.04. The van der Waals surface area contributed by atoms with Crippen molar-refractivity contribution in [3.05, 3.63) is 29.8 Å². The van der Waals surface area contributed by atoms with Gasteiger partial charge < -0.3 is 10.0 Å². The van der Waals surface area contributed by atoms with E-state index in [0.29, 0.717) is 0 Å². The van der Waals surface area contributed by atoms with E-state index in [-0.39, 0.29) is 12.0 Å². The number of hydrogen-bond donors (Lipinski definition) is 1. The Labute approximate surface area is 105 Å². The number of hydrogen-bond acceptors (Lipinski definition) is 2. The van der Waals surface area contributed by atoms with Crippen molar-refractivity contribution in [3.63, 3.8) is 0 Å². The van der Waals surface area contributed by atoms with Gasteiger partial charge in [-0.05, 0) is 30.5 Å². The smallest absolute Gasteiger partial charge is 0.0501 e. The lowest BCUT2D eigenvalue weighted by Crippen LogP contribution is -2.35. The van der Waals surface area contributed by atoms with Crippen molar-refractivity contribution < 1.29 is 5.11 Å². The van der Waals surface area contributed by atoms with Gasteiger partial charge >= 0.3 is 0 Å². The quantitative estimate of drug-likeness (QED) is 0.819. The van der Waals surface area contributed by atoms with E-state index < -0.39 is 0 Å². The Balaban J connectivity index is 2.71. The van der Waals surface area contributed by atoms with Crippen molar-refractivity contribution >= 4 is 5.69 Å². The topological polar surface area (TPSA) is 23.5 Å². The molecule has 0 aliphatic heterocycles. The molecular weight excluding hydrogens is 210 g/mol. The lowest BCUT2D eigenvalue weighted by molar-refractivity contribution is 0.144. The molecule has 0 saturated heterocycles. The van der Waals surface area contributed by atoms with Crippen LogP contribution in [0.15, 0.2) is 24.3 Å². The number of anilines is 1. The largest absolute Gasteiger partial charge is 0.396 e. The van der Waals surface area contributed by atoms with Crippen molar-refractivity contribution in [2.75, 3.05) is 25.1 Å². The monoisotopic (exact) mass is 235 g/mol. The molecule has 1 atom stereocenters. The summed E-state index contributed by atoms with van der Waals surface area (Å²) < 4.78 is 0. The molecule has 17 heavy (non-hydrogen) atoms. The third-order valence-corrected chi connectivity index (χ3v) is 3.64. The van der Waals surface area contributed by atoms with E-state index in [1.54, 1.807) is 0 Å². The maximum absolute atomic E-state index is 9.44. The molecule has 0 amide bonds. The minimum absolute atomic E-state index is 0.0157. The van der Waals surface area contributed by atoms with E-state index >= 15 is 0 Å². The van der Waals surface area contributed by atoms with Gasteiger partial charge in [-0.25, -0.2) is 0 Å². The Hall–Kier alpha value is -1.02. The van der Waals surface area contributed by atoms with Crippen LogP contribution in [-0.2, 0) is 6.42 Å². The van der Waals surface area contributed by atoms with Crippen molar-refractivity contribution in [2.24, 2.45) is 5.41 Å². The second kappa shape index (κ2) is 6.06. The lowest BCUT2D eigenvalue weighted by atomic mass is 9.88. The molecule has 96 valence electrons. The molecule has 2 heteroatoms. The maximum atomic E-state index is 9.44. The molecule has 0 aromatic heterocycles. The van der Waals surface area contributed by atoms with Crippen LogP contribution in [0.1, 0.15) is 32.8 Å². The minimum Gasteiger partial charge on any atom is -0.396 e. The summed E-state index contributed by atoms with van der Waals surface area (Å²) in [6.45, 7) is 7.54. The van der Waals surface area contributed by atoms with Gasteiger partial charge in [0.25, 0.3) is 0 Å². The Kier molecular flexibility index (Phi) is 5.01. The number of aryl methyl sites for hydroxylation is 1. The van der Waals surface area contributed by atoms with Gasteiger partial charge in [-0.3, -0.25) is 0 Å². The molecule has 1 N–H and O–H groups in total. The third-order valence-electron chi connectivity index (χ3n) is 3.64. The predicted octanol–water partition coefficient (Wildman–Crippen LogP) is 3.09. The first-order valence-electron chi connectivity index (χ1n) is 6.45. The minimum atomic E-state index is -0.0157. The van der Waals surface area contributed by atoms with Crippen LogP contribution in [0, 0.1) is 5.41 Å². The van der Waals surface area contributed by atoms with Gasteiger partial charge in [-0.15, -0.1) is 0 Å². The second-order valence-corrected chi connectivity index (χ2v) is 5.20. The van der Waals surface area contributed by atoms with E-state index in [1.807, 2.05) is 0 Å². The Morgan fingerprint density at radius 2 is 1.76 bits per heavy atom. The number of nitrogens with zero attached hydrogens (tertiary/aromatic N) is 1. The molecule has 0 heterocycles. The summed E-state index contributed by atoms with van der Waals surface area (Å²) in [4.78, 5) is 2.22. The van der Waals surface area contributed by atoms with Crippen LogP contribution >= 0.6 is 0 Å². The zero-order valence-corrected chi connectivity index (χ0v) is 11.5. The Bertz CT molecular complexity index is 327. The number of rotatable bonds is 6. The average molecular weight is 235 g/mol. The average Bonchev–Trinajstić information content (AvgIpc) is 2.38. The molecule has 0 saturated carbocycles. The molecule has 0 aliphatic carbocycles. The van der Waals surface area contributed by atoms with E-state index in [2.05, 4.69) is 57.0 Å². The molecule has 0 spiro atoms. The maximum Gasteiger partial charge on any atom is 0.0501 e. The van der Waals surface area contributed by atoms with Crippen molar-refractivity contribution in [1.82, 2.24) is 0 Å². The number of aliphatic hydroxyl groups excluding tert-OH is 1. The Morgan fingerprint density at radius 3 is 2.18 bits per heavy atom.